The highest BCUT2D eigenvalue weighted by molar-refractivity contribution is 5.93. The van der Waals surface area contributed by atoms with Crippen molar-refractivity contribution in [3.63, 3.8) is 0 Å². The molecule has 2 aromatic carbocycles. The van der Waals surface area contributed by atoms with Crippen LogP contribution in [0.1, 0.15) is 40.8 Å². The summed E-state index contributed by atoms with van der Waals surface area (Å²) in [7, 11) is 1.57. The molecule has 12 nitrogen and oxygen atoms in total. The number of halogens is 2. The number of hydrogen-bond donors (Lipinski definition) is 2. The summed E-state index contributed by atoms with van der Waals surface area (Å²) < 4.78 is 49.8. The van der Waals surface area contributed by atoms with Crippen LogP contribution in [-0.4, -0.2) is 75.6 Å². The van der Waals surface area contributed by atoms with E-state index in [2.05, 4.69) is 25.6 Å². The largest absolute Gasteiger partial charge is 0.459 e. The van der Waals surface area contributed by atoms with E-state index in [1.165, 1.54) is 30.6 Å². The van der Waals surface area contributed by atoms with Crippen molar-refractivity contribution in [1.82, 2.24) is 19.5 Å². The van der Waals surface area contributed by atoms with Gasteiger partial charge in [-0.1, -0.05) is 50.2 Å². The molecule has 0 bridgehead atoms. The number of aromatic nitrogens is 4. The monoisotopic (exact) mass is 608 g/mol. The second-order valence-electron chi connectivity index (χ2n) is 10.4. The van der Waals surface area contributed by atoms with Crippen LogP contribution in [0.15, 0.2) is 67.0 Å². The van der Waals surface area contributed by atoms with Crippen molar-refractivity contribution in [2.75, 3.05) is 31.0 Å². The van der Waals surface area contributed by atoms with E-state index >= 15 is 4.39 Å². The highest BCUT2D eigenvalue weighted by atomic mass is 19.2. The number of anilines is 2. The molecule has 0 spiro atoms. The van der Waals surface area contributed by atoms with Gasteiger partial charge in [-0.2, -0.15) is 9.97 Å². The number of esters is 2. The fourth-order valence-electron chi connectivity index (χ4n) is 4.68. The van der Waals surface area contributed by atoms with E-state index in [1.54, 1.807) is 57.3 Å². The Bertz CT molecular complexity index is 1650. The molecule has 1 saturated heterocycles. The van der Waals surface area contributed by atoms with E-state index in [0.717, 1.165) is 4.57 Å². The van der Waals surface area contributed by atoms with Gasteiger partial charge in [0, 0.05) is 13.0 Å². The minimum Gasteiger partial charge on any atom is -0.459 e. The molecule has 1 amide bonds. The molecule has 2 aromatic heterocycles. The predicted molar refractivity (Wildman–Crippen MR) is 154 cm³/mol. The lowest BCUT2D eigenvalue weighted by Gasteiger charge is -2.28. The lowest BCUT2D eigenvalue weighted by molar-refractivity contribution is -0.118. The number of benzene rings is 2. The zero-order chi connectivity index (χ0) is 31.4. The Kier molecular flexibility index (Phi) is 8.81. The molecule has 4 aromatic rings. The molecular formula is C30H30F2N6O6. The number of fused-ring (bicyclic) bond motifs is 1. The van der Waals surface area contributed by atoms with Gasteiger partial charge >= 0.3 is 11.9 Å². The lowest BCUT2D eigenvalue weighted by atomic mass is 9.97. The maximum atomic E-state index is 16.9. The average Bonchev–Trinajstić information content (AvgIpc) is 3.58. The number of alkyl halides is 2. The molecule has 44 heavy (non-hydrogen) atoms. The summed E-state index contributed by atoms with van der Waals surface area (Å²) in [5, 5.41) is 5.43. The quantitative estimate of drug-likeness (QED) is 0.252. The molecule has 1 aliphatic heterocycles. The minimum atomic E-state index is -2.98. The van der Waals surface area contributed by atoms with Gasteiger partial charge in [-0.3, -0.25) is 14.7 Å². The summed E-state index contributed by atoms with van der Waals surface area (Å²) in [5.74, 6) is -2.32. The molecule has 1 unspecified atom stereocenters. The van der Waals surface area contributed by atoms with E-state index < -0.39 is 49.3 Å². The van der Waals surface area contributed by atoms with Crippen LogP contribution < -0.4 is 10.6 Å². The molecule has 1 aliphatic rings. The average molecular weight is 609 g/mol. The third-order valence-corrected chi connectivity index (χ3v) is 7.03. The topological polar surface area (TPSA) is 147 Å². The highest BCUT2D eigenvalue weighted by Crippen LogP contribution is 2.45. The maximum absolute atomic E-state index is 16.9. The fourth-order valence-corrected chi connectivity index (χ4v) is 4.68. The van der Waals surface area contributed by atoms with Crippen molar-refractivity contribution >= 4 is 40.8 Å². The maximum Gasteiger partial charge on any atom is 0.338 e. The number of rotatable bonds is 10. The molecule has 3 heterocycles. The summed E-state index contributed by atoms with van der Waals surface area (Å²) in [6.07, 6.45) is -3.88. The zero-order valence-electron chi connectivity index (χ0n) is 24.1. The Morgan fingerprint density at radius 2 is 1.66 bits per heavy atom. The number of nitrogens with one attached hydrogen (secondary N) is 2. The van der Waals surface area contributed by atoms with E-state index in [0.29, 0.717) is 0 Å². The van der Waals surface area contributed by atoms with E-state index in [9.17, 15) is 18.8 Å². The standard InChI is InChI=1S/C30H30F2N6O6/c1-17(2)25(39)37-29-35-23(33-3)21-24(36-29)38(16-34-21)28-30(32,15-31)22(44-27(41)19-12-8-5-9-13-19)20(43-28)14-42-26(40)18-10-6-4-7-11-18/h4-13,16-17,20,22,28H,14-15H2,1-3H3,(H2,33,35,36,37,39)/t20-,22-,28?,30-/m1/s1. The first-order valence-corrected chi connectivity index (χ1v) is 13.8. The van der Waals surface area contributed by atoms with Gasteiger partial charge in [-0.15, -0.1) is 0 Å². The van der Waals surface area contributed by atoms with Crippen molar-refractivity contribution in [1.29, 1.82) is 0 Å². The first kappa shape index (κ1) is 30.5. The number of imidazole rings is 1. The highest BCUT2D eigenvalue weighted by Gasteiger charge is 2.62. The van der Waals surface area contributed by atoms with Crippen LogP contribution in [0.2, 0.25) is 0 Å². The lowest BCUT2D eigenvalue weighted by Crippen LogP contribution is -2.48. The molecular weight excluding hydrogens is 578 g/mol. The number of ether oxygens (including phenoxy) is 3. The summed E-state index contributed by atoms with van der Waals surface area (Å²) in [5.41, 5.74) is -2.48. The first-order valence-electron chi connectivity index (χ1n) is 13.8. The predicted octanol–water partition coefficient (Wildman–Crippen LogP) is 4.12. The Balaban J connectivity index is 1.52. The Morgan fingerprint density at radius 1 is 1.02 bits per heavy atom. The number of nitrogens with zero attached hydrogens (tertiary/aromatic N) is 4. The van der Waals surface area contributed by atoms with Crippen molar-refractivity contribution in [2.24, 2.45) is 5.92 Å². The minimum absolute atomic E-state index is 0.000975. The van der Waals surface area contributed by atoms with Crippen molar-refractivity contribution < 1.29 is 37.4 Å². The second-order valence-corrected chi connectivity index (χ2v) is 10.4. The fraction of sp³-hybridized carbons (Fsp3) is 0.333. The Morgan fingerprint density at radius 3 is 2.25 bits per heavy atom. The first-order chi connectivity index (χ1) is 21.2. The van der Waals surface area contributed by atoms with Gasteiger partial charge in [-0.25, -0.2) is 23.4 Å². The molecule has 1 fully saturated rings. The van der Waals surface area contributed by atoms with Crippen molar-refractivity contribution in [2.45, 2.75) is 38.0 Å². The Labute approximate surface area is 250 Å². The molecule has 5 rings (SSSR count). The SMILES string of the molecule is CNc1nc(NC(=O)C(C)C)nc2c1ncn2C1O[C@H](COC(=O)c2ccccc2)[C@@H](OC(=O)c2ccccc2)[C@]1(F)CF. The summed E-state index contributed by atoms with van der Waals surface area (Å²) in [6, 6.07) is 15.8. The van der Waals surface area contributed by atoms with Crippen LogP contribution in [-0.2, 0) is 19.0 Å². The van der Waals surface area contributed by atoms with Gasteiger partial charge in [0.25, 0.3) is 0 Å². The van der Waals surface area contributed by atoms with E-state index in [1.807, 2.05) is 0 Å². The number of hydrogen-bond acceptors (Lipinski definition) is 10. The molecule has 14 heteroatoms. The smallest absolute Gasteiger partial charge is 0.338 e. The molecule has 0 aliphatic carbocycles. The van der Waals surface area contributed by atoms with E-state index in [-0.39, 0.29) is 45.9 Å². The second kappa shape index (κ2) is 12.7. The summed E-state index contributed by atoms with van der Waals surface area (Å²) in [6.45, 7) is 1.16. The summed E-state index contributed by atoms with van der Waals surface area (Å²) in [4.78, 5) is 50.9. The van der Waals surface area contributed by atoms with Crippen molar-refractivity contribution in [3.8, 4) is 0 Å². The van der Waals surface area contributed by atoms with Gasteiger partial charge in [0.05, 0.1) is 17.5 Å². The number of carbonyl (C=O) groups excluding carboxylic acids is 3. The normalized spacial score (nSPS) is 21.3. The van der Waals surface area contributed by atoms with Crippen molar-refractivity contribution in [3.05, 3.63) is 78.1 Å². The number of carbonyl (C=O) groups is 3. The number of amides is 1. The molecule has 230 valence electrons. The Hall–Kier alpha value is -4.98. The van der Waals surface area contributed by atoms with Crippen LogP contribution in [0.3, 0.4) is 0 Å². The van der Waals surface area contributed by atoms with Crippen LogP contribution in [0, 0.1) is 5.92 Å². The van der Waals surface area contributed by atoms with Gasteiger partial charge in [0.15, 0.2) is 29.3 Å². The van der Waals surface area contributed by atoms with Crippen LogP contribution in [0.25, 0.3) is 11.2 Å². The van der Waals surface area contributed by atoms with Gasteiger partial charge in [0.2, 0.25) is 17.5 Å². The van der Waals surface area contributed by atoms with Gasteiger partial charge < -0.3 is 19.5 Å². The third-order valence-electron chi connectivity index (χ3n) is 7.03. The van der Waals surface area contributed by atoms with Crippen LogP contribution in [0.4, 0.5) is 20.5 Å². The van der Waals surface area contributed by atoms with E-state index in [4.69, 9.17) is 14.2 Å². The molecule has 4 atom stereocenters. The summed E-state index contributed by atoms with van der Waals surface area (Å²) >= 11 is 0. The molecule has 0 saturated carbocycles. The van der Waals surface area contributed by atoms with Gasteiger partial charge in [-0.05, 0) is 24.3 Å². The molecule has 2 N–H and O–H groups in total. The third kappa shape index (κ3) is 5.93. The zero-order valence-corrected chi connectivity index (χ0v) is 24.1. The van der Waals surface area contributed by atoms with Crippen LogP contribution >= 0.6 is 0 Å². The van der Waals surface area contributed by atoms with Crippen LogP contribution in [0.5, 0.6) is 0 Å². The van der Waals surface area contributed by atoms with Gasteiger partial charge in [0.1, 0.15) is 19.4 Å². The molecule has 0 radical (unpaired) electrons.